The van der Waals surface area contributed by atoms with Crippen molar-refractivity contribution in [3.8, 4) is 5.75 Å². The van der Waals surface area contributed by atoms with Crippen molar-refractivity contribution in [3.05, 3.63) is 59.7 Å². The van der Waals surface area contributed by atoms with Gasteiger partial charge < -0.3 is 14.2 Å². The lowest BCUT2D eigenvalue weighted by Crippen LogP contribution is -2.33. The molecule has 1 N–H and O–H groups in total. The summed E-state index contributed by atoms with van der Waals surface area (Å²) in [7, 11) is -2.64. The Kier molecular flexibility index (Phi) is 7.17. The number of hydrogen-bond acceptors (Lipinski definition) is 6. The lowest BCUT2D eigenvalue weighted by molar-refractivity contribution is -0.145. The van der Waals surface area contributed by atoms with Crippen LogP contribution in [0, 0.1) is 12.8 Å². The summed E-state index contributed by atoms with van der Waals surface area (Å²) in [5.74, 6) is -1.05. The molecular formula is C20H23NO6S. The Hall–Kier alpha value is -2.87. The van der Waals surface area contributed by atoms with E-state index in [4.69, 9.17) is 8.92 Å². The van der Waals surface area contributed by atoms with Gasteiger partial charge in [-0.15, -0.1) is 0 Å². The molecule has 150 valence electrons. The van der Waals surface area contributed by atoms with Gasteiger partial charge in [-0.25, -0.2) is 0 Å². The van der Waals surface area contributed by atoms with E-state index in [0.717, 1.165) is 11.1 Å². The van der Waals surface area contributed by atoms with E-state index in [9.17, 15) is 18.0 Å². The minimum absolute atomic E-state index is 0.0724. The molecule has 0 aliphatic heterocycles. The van der Waals surface area contributed by atoms with E-state index in [-0.39, 0.29) is 23.1 Å². The predicted octanol–water partition coefficient (Wildman–Crippen LogP) is 2.23. The maximum Gasteiger partial charge on any atom is 0.339 e. The number of hydrogen-bond donors (Lipinski definition) is 1. The van der Waals surface area contributed by atoms with Gasteiger partial charge in [0.1, 0.15) is 10.6 Å². The molecule has 0 bridgehead atoms. The number of amides is 1. The molecule has 0 heterocycles. The Morgan fingerprint density at radius 3 is 2.18 bits per heavy atom. The SMILES string of the molecule is COC(=O)C(CNC(C)=O)Cc1ccc(OS(=O)(=O)c2ccc(C)cc2)cc1. The van der Waals surface area contributed by atoms with E-state index in [1.807, 2.05) is 6.92 Å². The number of esters is 1. The molecule has 0 aromatic heterocycles. The normalized spacial score (nSPS) is 12.1. The van der Waals surface area contributed by atoms with E-state index >= 15 is 0 Å². The average molecular weight is 405 g/mol. The molecule has 1 atom stereocenters. The van der Waals surface area contributed by atoms with E-state index < -0.39 is 22.0 Å². The zero-order chi connectivity index (χ0) is 20.7. The lowest BCUT2D eigenvalue weighted by atomic mass is 9.99. The second-order valence-corrected chi connectivity index (χ2v) is 7.90. The van der Waals surface area contributed by atoms with E-state index in [2.05, 4.69) is 5.32 Å². The van der Waals surface area contributed by atoms with Crippen LogP contribution in [0.3, 0.4) is 0 Å². The largest absolute Gasteiger partial charge is 0.469 e. The van der Waals surface area contributed by atoms with Crippen molar-refractivity contribution in [2.75, 3.05) is 13.7 Å². The third-order valence-electron chi connectivity index (χ3n) is 4.05. The molecule has 0 spiro atoms. The Balaban J connectivity index is 2.08. The summed E-state index contributed by atoms with van der Waals surface area (Å²) in [4.78, 5) is 23.0. The monoisotopic (exact) mass is 405 g/mol. The van der Waals surface area contributed by atoms with Gasteiger partial charge in [0.25, 0.3) is 0 Å². The molecule has 0 saturated heterocycles. The summed E-state index contributed by atoms with van der Waals surface area (Å²) in [6.07, 6.45) is 0.331. The van der Waals surface area contributed by atoms with Gasteiger partial charge in [-0.1, -0.05) is 29.8 Å². The number of benzene rings is 2. The molecule has 2 aromatic carbocycles. The van der Waals surface area contributed by atoms with Crippen LogP contribution in [0.5, 0.6) is 5.75 Å². The average Bonchev–Trinajstić information content (AvgIpc) is 2.65. The van der Waals surface area contributed by atoms with Gasteiger partial charge in [0.2, 0.25) is 5.91 Å². The second-order valence-electron chi connectivity index (χ2n) is 6.36. The molecule has 8 heteroatoms. The molecule has 0 fully saturated rings. The van der Waals surface area contributed by atoms with Crippen LogP contribution in [0.4, 0.5) is 0 Å². The first-order valence-electron chi connectivity index (χ1n) is 8.63. The fraction of sp³-hybridized carbons (Fsp3) is 0.300. The first-order valence-corrected chi connectivity index (χ1v) is 10.0. The lowest BCUT2D eigenvalue weighted by Gasteiger charge is -2.15. The van der Waals surface area contributed by atoms with Gasteiger partial charge in [-0.3, -0.25) is 9.59 Å². The first-order chi connectivity index (χ1) is 13.2. The van der Waals surface area contributed by atoms with E-state index in [0.29, 0.717) is 6.42 Å². The van der Waals surface area contributed by atoms with Crippen molar-refractivity contribution in [1.82, 2.24) is 5.32 Å². The minimum atomic E-state index is -3.92. The molecule has 2 aromatic rings. The number of rotatable bonds is 8. The summed E-state index contributed by atoms with van der Waals surface area (Å²) < 4.78 is 34.6. The van der Waals surface area contributed by atoms with Crippen molar-refractivity contribution in [2.45, 2.75) is 25.2 Å². The molecule has 0 aliphatic rings. The number of carbonyl (C=O) groups excluding carboxylic acids is 2. The molecule has 0 radical (unpaired) electrons. The number of methoxy groups -OCH3 is 1. The molecule has 0 saturated carbocycles. The zero-order valence-corrected chi connectivity index (χ0v) is 16.8. The van der Waals surface area contributed by atoms with Gasteiger partial charge in [0.05, 0.1) is 13.0 Å². The standard InChI is InChI=1S/C20H23NO6S/c1-14-4-10-19(11-5-14)28(24,25)27-18-8-6-16(7-9-18)12-17(20(23)26-3)13-21-15(2)22/h4-11,17H,12-13H2,1-3H3,(H,21,22). The van der Waals surface area contributed by atoms with Crippen LogP contribution < -0.4 is 9.50 Å². The Labute approximate surface area is 164 Å². The van der Waals surface area contributed by atoms with Crippen molar-refractivity contribution in [3.63, 3.8) is 0 Å². The number of aryl methyl sites for hydroxylation is 1. The molecule has 0 aliphatic carbocycles. The van der Waals surface area contributed by atoms with Crippen LogP contribution >= 0.6 is 0 Å². The topological polar surface area (TPSA) is 98.8 Å². The third-order valence-corrected chi connectivity index (χ3v) is 5.31. The van der Waals surface area contributed by atoms with Gasteiger partial charge in [-0.05, 0) is 43.2 Å². The van der Waals surface area contributed by atoms with Crippen molar-refractivity contribution < 1.29 is 26.9 Å². The fourth-order valence-electron chi connectivity index (χ4n) is 2.52. The highest BCUT2D eigenvalue weighted by Gasteiger charge is 2.21. The fourth-order valence-corrected chi connectivity index (χ4v) is 3.45. The maximum atomic E-state index is 12.3. The molecule has 1 unspecified atom stereocenters. The minimum Gasteiger partial charge on any atom is -0.469 e. The second kappa shape index (κ2) is 9.36. The Bertz CT molecular complexity index is 920. The molecular weight excluding hydrogens is 382 g/mol. The van der Waals surface area contributed by atoms with E-state index in [1.165, 1.54) is 38.3 Å². The van der Waals surface area contributed by atoms with Gasteiger partial charge in [-0.2, -0.15) is 8.42 Å². The Morgan fingerprint density at radius 1 is 1.04 bits per heavy atom. The number of ether oxygens (including phenoxy) is 1. The smallest absolute Gasteiger partial charge is 0.339 e. The molecule has 2 rings (SSSR count). The quantitative estimate of drug-likeness (QED) is 0.534. The molecule has 7 nitrogen and oxygen atoms in total. The summed E-state index contributed by atoms with van der Waals surface area (Å²) in [6.45, 7) is 3.39. The third kappa shape index (κ3) is 6.09. The highest BCUT2D eigenvalue weighted by Crippen LogP contribution is 2.21. The number of nitrogens with one attached hydrogen (secondary N) is 1. The summed E-state index contributed by atoms with van der Waals surface area (Å²) >= 11 is 0. The van der Waals surface area contributed by atoms with E-state index in [1.54, 1.807) is 24.3 Å². The molecule has 28 heavy (non-hydrogen) atoms. The highest BCUT2D eigenvalue weighted by molar-refractivity contribution is 7.87. The van der Waals surface area contributed by atoms with Crippen LogP contribution in [0.2, 0.25) is 0 Å². The van der Waals surface area contributed by atoms with Crippen molar-refractivity contribution >= 4 is 22.0 Å². The maximum absolute atomic E-state index is 12.3. The number of carbonyl (C=O) groups is 2. The Morgan fingerprint density at radius 2 is 1.64 bits per heavy atom. The van der Waals surface area contributed by atoms with Gasteiger partial charge >= 0.3 is 16.1 Å². The van der Waals surface area contributed by atoms with Crippen LogP contribution in [0.25, 0.3) is 0 Å². The molecule has 1 amide bonds. The van der Waals surface area contributed by atoms with Crippen molar-refractivity contribution in [2.24, 2.45) is 5.92 Å². The van der Waals surface area contributed by atoms with Gasteiger partial charge in [0, 0.05) is 13.5 Å². The summed E-state index contributed by atoms with van der Waals surface area (Å²) in [5.41, 5.74) is 1.73. The highest BCUT2D eigenvalue weighted by atomic mass is 32.2. The van der Waals surface area contributed by atoms with Crippen LogP contribution in [-0.2, 0) is 30.9 Å². The summed E-state index contributed by atoms with van der Waals surface area (Å²) in [5, 5.41) is 2.60. The first kappa shape index (κ1) is 21.4. The predicted molar refractivity (Wildman–Crippen MR) is 103 cm³/mol. The van der Waals surface area contributed by atoms with Crippen LogP contribution in [-0.4, -0.2) is 33.9 Å². The van der Waals surface area contributed by atoms with Crippen LogP contribution in [0.1, 0.15) is 18.1 Å². The summed E-state index contributed by atoms with van der Waals surface area (Å²) in [6, 6.07) is 12.8. The van der Waals surface area contributed by atoms with Crippen LogP contribution in [0.15, 0.2) is 53.4 Å². The van der Waals surface area contributed by atoms with Gasteiger partial charge in [0.15, 0.2) is 0 Å². The van der Waals surface area contributed by atoms with Crippen molar-refractivity contribution in [1.29, 1.82) is 0 Å². The zero-order valence-electron chi connectivity index (χ0n) is 16.0.